The lowest BCUT2D eigenvalue weighted by Crippen LogP contribution is -2.05. The summed E-state index contributed by atoms with van der Waals surface area (Å²) in [6.45, 7) is 3.53. The molecule has 0 atom stereocenters. The lowest BCUT2D eigenvalue weighted by molar-refractivity contribution is 0.0696. The molecule has 0 aromatic heterocycles. The summed E-state index contributed by atoms with van der Waals surface area (Å²) in [7, 11) is 1.51. The highest BCUT2D eigenvalue weighted by atomic mass is 16.5. The molecule has 0 saturated heterocycles. The van der Waals surface area contributed by atoms with Crippen molar-refractivity contribution in [3.05, 3.63) is 22.8 Å². The van der Waals surface area contributed by atoms with Crippen molar-refractivity contribution in [1.82, 2.24) is 0 Å². The molecule has 0 radical (unpaired) electrons. The molecule has 1 aromatic rings. The fraction of sp³-hybridized carbons (Fsp3) is 0.300. The molecule has 14 heavy (non-hydrogen) atoms. The minimum atomic E-state index is -0.972. The molecular weight excluding hydrogens is 182 g/mol. The molecule has 76 valence electrons. The van der Waals surface area contributed by atoms with Gasteiger partial charge >= 0.3 is 5.97 Å². The van der Waals surface area contributed by atoms with Gasteiger partial charge in [0.2, 0.25) is 0 Å². The quantitative estimate of drug-likeness (QED) is 0.703. The summed E-state index contributed by atoms with van der Waals surface area (Å²) in [5.74, 6) is -0.424. The SMILES string of the molecule is COc1c(N)cc(C(=O)O)c(C)c1C. The lowest BCUT2D eigenvalue weighted by atomic mass is 10.0. The van der Waals surface area contributed by atoms with Gasteiger partial charge in [-0.1, -0.05) is 0 Å². The van der Waals surface area contributed by atoms with Crippen LogP contribution in [0, 0.1) is 13.8 Å². The smallest absolute Gasteiger partial charge is 0.336 e. The van der Waals surface area contributed by atoms with Crippen LogP contribution in [0.3, 0.4) is 0 Å². The van der Waals surface area contributed by atoms with Gasteiger partial charge in [-0.05, 0) is 31.0 Å². The van der Waals surface area contributed by atoms with E-state index in [0.717, 1.165) is 5.56 Å². The van der Waals surface area contributed by atoms with Crippen molar-refractivity contribution in [1.29, 1.82) is 0 Å². The molecule has 4 heteroatoms. The van der Waals surface area contributed by atoms with Crippen LogP contribution in [-0.2, 0) is 0 Å². The Morgan fingerprint density at radius 2 is 2.00 bits per heavy atom. The zero-order chi connectivity index (χ0) is 10.9. The predicted octanol–water partition coefficient (Wildman–Crippen LogP) is 1.59. The van der Waals surface area contributed by atoms with Crippen LogP contribution in [0.4, 0.5) is 5.69 Å². The van der Waals surface area contributed by atoms with E-state index in [9.17, 15) is 4.79 Å². The first-order valence-corrected chi connectivity index (χ1v) is 4.16. The molecule has 0 fully saturated rings. The molecule has 4 nitrogen and oxygen atoms in total. The van der Waals surface area contributed by atoms with Crippen LogP contribution in [0.2, 0.25) is 0 Å². The van der Waals surface area contributed by atoms with Crippen molar-refractivity contribution in [2.45, 2.75) is 13.8 Å². The van der Waals surface area contributed by atoms with Crippen LogP contribution in [0.5, 0.6) is 5.75 Å². The monoisotopic (exact) mass is 195 g/mol. The van der Waals surface area contributed by atoms with E-state index in [1.54, 1.807) is 13.8 Å². The second kappa shape index (κ2) is 3.57. The number of methoxy groups -OCH3 is 1. The summed E-state index contributed by atoms with van der Waals surface area (Å²) in [6, 6.07) is 1.42. The van der Waals surface area contributed by atoms with E-state index in [1.807, 2.05) is 0 Å². The Bertz CT molecular complexity index is 385. The Kier molecular flexibility index (Phi) is 2.65. The van der Waals surface area contributed by atoms with Gasteiger partial charge in [0.1, 0.15) is 5.75 Å². The van der Waals surface area contributed by atoms with Gasteiger partial charge in [-0.25, -0.2) is 4.79 Å². The summed E-state index contributed by atoms with van der Waals surface area (Å²) in [4.78, 5) is 10.8. The molecule has 0 bridgehead atoms. The van der Waals surface area contributed by atoms with Gasteiger partial charge in [0.05, 0.1) is 18.4 Å². The van der Waals surface area contributed by atoms with Crippen LogP contribution in [-0.4, -0.2) is 18.2 Å². The summed E-state index contributed by atoms with van der Waals surface area (Å²) in [6.07, 6.45) is 0. The van der Waals surface area contributed by atoms with E-state index in [2.05, 4.69) is 0 Å². The summed E-state index contributed by atoms with van der Waals surface area (Å²) in [5, 5.41) is 8.88. The number of aromatic carboxylic acids is 1. The maximum atomic E-state index is 10.8. The van der Waals surface area contributed by atoms with E-state index in [0.29, 0.717) is 17.0 Å². The first kappa shape index (κ1) is 10.4. The second-order valence-electron chi connectivity index (χ2n) is 3.10. The van der Waals surface area contributed by atoms with Crippen molar-refractivity contribution < 1.29 is 14.6 Å². The number of benzene rings is 1. The van der Waals surface area contributed by atoms with E-state index >= 15 is 0 Å². The number of carboxylic acid groups (broad SMARTS) is 1. The lowest BCUT2D eigenvalue weighted by Gasteiger charge is -2.12. The Hall–Kier alpha value is -1.71. The number of carbonyl (C=O) groups is 1. The third-order valence-corrected chi connectivity index (χ3v) is 2.30. The van der Waals surface area contributed by atoms with Crippen LogP contribution >= 0.6 is 0 Å². The third-order valence-electron chi connectivity index (χ3n) is 2.30. The number of carboxylic acids is 1. The fourth-order valence-electron chi connectivity index (χ4n) is 1.41. The van der Waals surface area contributed by atoms with Crippen molar-refractivity contribution in [3.8, 4) is 5.75 Å². The van der Waals surface area contributed by atoms with Crippen LogP contribution in [0.25, 0.3) is 0 Å². The molecule has 1 rings (SSSR count). The van der Waals surface area contributed by atoms with Crippen LogP contribution in [0.15, 0.2) is 6.07 Å². The summed E-state index contributed by atoms with van der Waals surface area (Å²) < 4.78 is 5.07. The van der Waals surface area contributed by atoms with Gasteiger partial charge in [-0.15, -0.1) is 0 Å². The topological polar surface area (TPSA) is 72.5 Å². The van der Waals surface area contributed by atoms with Gasteiger partial charge in [0.15, 0.2) is 0 Å². The molecule has 0 aliphatic rings. The van der Waals surface area contributed by atoms with E-state index in [4.69, 9.17) is 15.6 Å². The van der Waals surface area contributed by atoms with E-state index < -0.39 is 5.97 Å². The fourth-order valence-corrected chi connectivity index (χ4v) is 1.41. The average molecular weight is 195 g/mol. The minimum absolute atomic E-state index is 0.223. The molecular formula is C10H13NO3. The highest BCUT2D eigenvalue weighted by Crippen LogP contribution is 2.30. The van der Waals surface area contributed by atoms with Gasteiger partial charge in [-0.3, -0.25) is 0 Å². The molecule has 0 aliphatic carbocycles. The van der Waals surface area contributed by atoms with Crippen molar-refractivity contribution >= 4 is 11.7 Å². The summed E-state index contributed by atoms with van der Waals surface area (Å²) >= 11 is 0. The number of hydrogen-bond donors (Lipinski definition) is 2. The largest absolute Gasteiger partial charge is 0.494 e. The molecule has 0 amide bonds. The number of rotatable bonds is 2. The Morgan fingerprint density at radius 1 is 1.43 bits per heavy atom. The van der Waals surface area contributed by atoms with E-state index in [1.165, 1.54) is 13.2 Å². The normalized spacial score (nSPS) is 9.93. The second-order valence-corrected chi connectivity index (χ2v) is 3.10. The van der Waals surface area contributed by atoms with Crippen molar-refractivity contribution in [2.75, 3.05) is 12.8 Å². The third kappa shape index (κ3) is 1.51. The Balaban J connectivity index is 3.47. The minimum Gasteiger partial charge on any atom is -0.494 e. The number of nitrogens with two attached hydrogens (primary N) is 1. The average Bonchev–Trinajstić information content (AvgIpc) is 2.12. The standard InChI is InChI=1S/C10H13NO3/c1-5-6(2)9(14-3)8(11)4-7(5)10(12)13/h4H,11H2,1-3H3,(H,12,13). The highest BCUT2D eigenvalue weighted by Gasteiger charge is 2.15. The van der Waals surface area contributed by atoms with Gasteiger partial charge in [0, 0.05) is 0 Å². The highest BCUT2D eigenvalue weighted by molar-refractivity contribution is 5.92. The van der Waals surface area contributed by atoms with Gasteiger partial charge in [-0.2, -0.15) is 0 Å². The molecule has 0 unspecified atom stereocenters. The summed E-state index contributed by atoms with van der Waals surface area (Å²) in [5.41, 5.74) is 7.68. The van der Waals surface area contributed by atoms with Crippen molar-refractivity contribution in [2.24, 2.45) is 0 Å². The molecule has 0 saturated carbocycles. The Labute approximate surface area is 82.3 Å². The zero-order valence-electron chi connectivity index (χ0n) is 8.42. The van der Waals surface area contributed by atoms with Gasteiger partial charge < -0.3 is 15.6 Å². The number of ether oxygens (including phenoxy) is 1. The van der Waals surface area contributed by atoms with Crippen LogP contribution < -0.4 is 10.5 Å². The molecule has 1 aromatic carbocycles. The molecule has 0 aliphatic heterocycles. The van der Waals surface area contributed by atoms with Crippen molar-refractivity contribution in [3.63, 3.8) is 0 Å². The maximum Gasteiger partial charge on any atom is 0.336 e. The molecule has 3 N–H and O–H groups in total. The maximum absolute atomic E-state index is 10.8. The van der Waals surface area contributed by atoms with E-state index in [-0.39, 0.29) is 5.56 Å². The molecule has 0 spiro atoms. The first-order valence-electron chi connectivity index (χ1n) is 4.16. The number of hydrogen-bond acceptors (Lipinski definition) is 3. The zero-order valence-corrected chi connectivity index (χ0v) is 8.42. The molecule has 0 heterocycles. The number of nitrogen functional groups attached to an aromatic ring is 1. The Morgan fingerprint density at radius 3 is 2.43 bits per heavy atom. The number of anilines is 1. The predicted molar refractivity (Wildman–Crippen MR) is 53.8 cm³/mol. The van der Waals surface area contributed by atoms with Gasteiger partial charge in [0.25, 0.3) is 0 Å². The van der Waals surface area contributed by atoms with Crippen LogP contribution in [0.1, 0.15) is 21.5 Å². The first-order chi connectivity index (χ1) is 6.49.